The molecule has 0 bridgehead atoms. The van der Waals surface area contributed by atoms with Gasteiger partial charge in [-0.1, -0.05) is 41.0 Å². The van der Waals surface area contributed by atoms with Gasteiger partial charge in [-0.05, 0) is 43.3 Å². The minimum atomic E-state index is -0.514. The summed E-state index contributed by atoms with van der Waals surface area (Å²) in [4.78, 5) is 12.5. The molecular weight excluding hydrogens is 419 g/mol. The smallest absolute Gasteiger partial charge is 0.237 e. The fraction of sp³-hybridized carbons (Fsp3) is 0.111. The van der Waals surface area contributed by atoms with Crippen molar-refractivity contribution in [2.75, 3.05) is 11.2 Å². The van der Waals surface area contributed by atoms with Gasteiger partial charge in [0, 0.05) is 16.3 Å². The lowest BCUT2D eigenvalue weighted by Gasteiger charge is -2.12. The Morgan fingerprint density at radius 2 is 2.07 bits per heavy atom. The van der Waals surface area contributed by atoms with E-state index in [1.807, 2.05) is 6.07 Å². The first-order valence-corrected chi connectivity index (χ1v) is 9.66. The molecule has 142 valence electrons. The van der Waals surface area contributed by atoms with Crippen LogP contribution in [-0.2, 0) is 4.79 Å². The number of nitrogens with one attached hydrogen (secondary N) is 1. The number of nitrogen functional groups attached to an aromatic ring is 1. The Balaban J connectivity index is 1.75. The van der Waals surface area contributed by atoms with Crippen LogP contribution in [0.25, 0.3) is 11.4 Å². The third-order valence-electron chi connectivity index (χ3n) is 3.74. The van der Waals surface area contributed by atoms with E-state index in [4.69, 9.17) is 34.3 Å². The number of carbonyl (C=O) groups is 1. The van der Waals surface area contributed by atoms with Gasteiger partial charge in [-0.15, -0.1) is 10.2 Å². The average molecular weight is 433 g/mol. The quantitative estimate of drug-likeness (QED) is 0.466. The van der Waals surface area contributed by atoms with Crippen LogP contribution in [0, 0.1) is 11.3 Å². The lowest BCUT2D eigenvalue weighted by molar-refractivity contribution is -0.115. The van der Waals surface area contributed by atoms with Crippen molar-refractivity contribution in [1.82, 2.24) is 14.9 Å². The zero-order valence-electron chi connectivity index (χ0n) is 14.6. The predicted molar refractivity (Wildman–Crippen MR) is 111 cm³/mol. The fourth-order valence-corrected chi connectivity index (χ4v) is 3.48. The third kappa shape index (κ3) is 4.39. The number of rotatable bonds is 5. The highest BCUT2D eigenvalue weighted by molar-refractivity contribution is 8.00. The van der Waals surface area contributed by atoms with Crippen LogP contribution >= 0.6 is 35.0 Å². The van der Waals surface area contributed by atoms with Gasteiger partial charge in [0.2, 0.25) is 11.1 Å². The molecule has 0 aliphatic rings. The summed E-state index contributed by atoms with van der Waals surface area (Å²) in [5.41, 5.74) is 1.54. The van der Waals surface area contributed by atoms with Crippen LogP contribution in [-0.4, -0.2) is 26.0 Å². The van der Waals surface area contributed by atoms with Crippen molar-refractivity contribution >= 4 is 46.6 Å². The van der Waals surface area contributed by atoms with Gasteiger partial charge < -0.3 is 11.2 Å². The van der Waals surface area contributed by atoms with Gasteiger partial charge in [0.15, 0.2) is 5.82 Å². The first-order valence-electron chi connectivity index (χ1n) is 8.02. The molecule has 0 spiro atoms. The number of nitriles is 1. The van der Waals surface area contributed by atoms with E-state index >= 15 is 0 Å². The summed E-state index contributed by atoms with van der Waals surface area (Å²) in [6.45, 7) is 1.72. The zero-order valence-corrected chi connectivity index (χ0v) is 16.9. The van der Waals surface area contributed by atoms with Crippen LogP contribution in [0.15, 0.2) is 47.6 Å². The summed E-state index contributed by atoms with van der Waals surface area (Å²) in [7, 11) is 0. The molecule has 1 atom stereocenters. The minimum Gasteiger partial charge on any atom is -0.335 e. The Kier molecular flexibility index (Phi) is 6.09. The maximum atomic E-state index is 12.5. The average Bonchev–Trinajstić information content (AvgIpc) is 3.04. The summed E-state index contributed by atoms with van der Waals surface area (Å²) in [6.07, 6.45) is 0. The van der Waals surface area contributed by atoms with Crippen molar-refractivity contribution in [1.29, 1.82) is 5.26 Å². The Labute approximate surface area is 175 Å². The molecule has 0 radical (unpaired) electrons. The van der Waals surface area contributed by atoms with Crippen LogP contribution in [0.3, 0.4) is 0 Å². The molecule has 0 saturated heterocycles. The molecular formula is C18H14Cl2N6OS. The Morgan fingerprint density at radius 1 is 1.29 bits per heavy atom. The maximum absolute atomic E-state index is 12.5. The van der Waals surface area contributed by atoms with Gasteiger partial charge in [0.25, 0.3) is 0 Å². The number of benzene rings is 2. The molecule has 0 saturated carbocycles. The zero-order chi connectivity index (χ0) is 20.3. The number of aromatic nitrogens is 3. The van der Waals surface area contributed by atoms with Gasteiger partial charge in [0.05, 0.1) is 21.9 Å². The molecule has 1 heterocycles. The van der Waals surface area contributed by atoms with Crippen LogP contribution in [0.5, 0.6) is 0 Å². The molecule has 0 fully saturated rings. The van der Waals surface area contributed by atoms with Crippen molar-refractivity contribution in [2.45, 2.75) is 17.3 Å². The van der Waals surface area contributed by atoms with E-state index in [-0.39, 0.29) is 5.91 Å². The highest BCUT2D eigenvalue weighted by Crippen LogP contribution is 2.31. The topological polar surface area (TPSA) is 110 Å². The summed E-state index contributed by atoms with van der Waals surface area (Å²) in [6, 6.07) is 13.6. The molecule has 0 aliphatic carbocycles. The van der Waals surface area contributed by atoms with Gasteiger partial charge in [-0.3, -0.25) is 4.79 Å². The van der Waals surface area contributed by atoms with Crippen LogP contribution in [0.4, 0.5) is 5.69 Å². The molecule has 1 unspecified atom stereocenters. The van der Waals surface area contributed by atoms with E-state index in [0.717, 1.165) is 11.8 Å². The Bertz CT molecular complexity index is 1080. The number of amides is 1. The standard InChI is InChI=1S/C18H14Cl2N6OS/c1-10(17(27)23-13-4-2-3-11(7-13)9-21)28-18-25-24-16(26(18)22)14-8-12(19)5-6-15(14)20/h2-8,10H,22H2,1H3,(H,23,27). The first-order chi connectivity index (χ1) is 13.4. The third-order valence-corrected chi connectivity index (χ3v) is 5.37. The SMILES string of the molecule is CC(Sc1nnc(-c2cc(Cl)ccc2Cl)n1N)C(=O)Nc1cccc(C#N)c1. The monoisotopic (exact) mass is 432 g/mol. The van der Waals surface area contributed by atoms with E-state index in [1.165, 1.54) is 4.68 Å². The second-order valence-electron chi connectivity index (χ2n) is 5.74. The van der Waals surface area contributed by atoms with Crippen molar-refractivity contribution < 1.29 is 4.79 Å². The summed E-state index contributed by atoms with van der Waals surface area (Å²) in [5, 5.41) is 20.6. The fourth-order valence-electron chi connectivity index (χ4n) is 2.33. The number of anilines is 1. The number of hydrogen-bond acceptors (Lipinski definition) is 6. The molecule has 10 heteroatoms. The molecule has 1 amide bonds. The number of hydrogen-bond donors (Lipinski definition) is 2. The van der Waals surface area contributed by atoms with Crippen LogP contribution in [0.1, 0.15) is 12.5 Å². The molecule has 7 nitrogen and oxygen atoms in total. The Morgan fingerprint density at radius 3 is 2.82 bits per heavy atom. The molecule has 3 rings (SSSR count). The number of nitrogens with zero attached hydrogens (tertiary/aromatic N) is 4. The lowest BCUT2D eigenvalue weighted by atomic mass is 10.2. The molecule has 0 aliphatic heterocycles. The molecule has 3 aromatic rings. The predicted octanol–water partition coefficient (Wildman–Crippen LogP) is 3.96. The van der Waals surface area contributed by atoms with Gasteiger partial charge in [-0.25, -0.2) is 4.68 Å². The van der Waals surface area contributed by atoms with Gasteiger partial charge in [0.1, 0.15) is 0 Å². The summed E-state index contributed by atoms with van der Waals surface area (Å²) < 4.78 is 1.27. The number of nitrogens with two attached hydrogens (primary N) is 1. The molecule has 3 N–H and O–H groups in total. The van der Waals surface area contributed by atoms with E-state index in [0.29, 0.717) is 37.8 Å². The highest BCUT2D eigenvalue weighted by atomic mass is 35.5. The minimum absolute atomic E-state index is 0.259. The number of thioether (sulfide) groups is 1. The lowest BCUT2D eigenvalue weighted by Crippen LogP contribution is -2.23. The Hall–Kier alpha value is -2.73. The van der Waals surface area contributed by atoms with Gasteiger partial charge >= 0.3 is 0 Å². The maximum Gasteiger partial charge on any atom is 0.237 e. The van der Waals surface area contributed by atoms with Crippen LogP contribution in [0.2, 0.25) is 10.0 Å². The van der Waals surface area contributed by atoms with Gasteiger partial charge in [-0.2, -0.15) is 5.26 Å². The van der Waals surface area contributed by atoms with Crippen molar-refractivity contribution in [3.05, 3.63) is 58.1 Å². The highest BCUT2D eigenvalue weighted by Gasteiger charge is 2.21. The second-order valence-corrected chi connectivity index (χ2v) is 7.89. The first kappa shape index (κ1) is 20.0. The van der Waals surface area contributed by atoms with E-state index in [2.05, 4.69) is 15.5 Å². The number of halogens is 2. The van der Waals surface area contributed by atoms with Crippen molar-refractivity contribution in [3.63, 3.8) is 0 Å². The second kappa shape index (κ2) is 8.52. The van der Waals surface area contributed by atoms with E-state index in [9.17, 15) is 4.79 Å². The largest absolute Gasteiger partial charge is 0.335 e. The van der Waals surface area contributed by atoms with E-state index < -0.39 is 5.25 Å². The summed E-state index contributed by atoms with van der Waals surface area (Å²) in [5.74, 6) is 6.17. The molecule has 1 aromatic heterocycles. The van der Waals surface area contributed by atoms with Crippen molar-refractivity contribution in [3.8, 4) is 17.5 Å². The van der Waals surface area contributed by atoms with Crippen LogP contribution < -0.4 is 11.2 Å². The van der Waals surface area contributed by atoms with E-state index in [1.54, 1.807) is 49.4 Å². The molecule has 28 heavy (non-hydrogen) atoms. The normalized spacial score (nSPS) is 11.6. The number of carbonyl (C=O) groups excluding carboxylic acids is 1. The summed E-state index contributed by atoms with van der Waals surface area (Å²) >= 11 is 13.4. The molecule has 2 aromatic carbocycles. The van der Waals surface area contributed by atoms with Crippen molar-refractivity contribution in [2.24, 2.45) is 0 Å².